The van der Waals surface area contributed by atoms with E-state index in [-0.39, 0.29) is 17.7 Å². The zero-order valence-electron chi connectivity index (χ0n) is 18.2. The zero-order valence-corrected chi connectivity index (χ0v) is 20.6. The van der Waals surface area contributed by atoms with Gasteiger partial charge in [0, 0.05) is 21.2 Å². The number of aromatic nitrogens is 1. The first-order valence-electron chi connectivity index (χ1n) is 10.6. The average Bonchev–Trinajstić information content (AvgIpc) is 3.24. The summed E-state index contributed by atoms with van der Waals surface area (Å²) in [5.41, 5.74) is 5.04. The summed E-state index contributed by atoms with van der Waals surface area (Å²) in [5.74, 6) is -0.254. The van der Waals surface area contributed by atoms with E-state index in [1.807, 2.05) is 49.4 Å². The third-order valence-electron chi connectivity index (χ3n) is 5.92. The molecule has 3 aromatic carbocycles. The third-order valence-corrected chi connectivity index (χ3v) is 7.61. The molecule has 1 aromatic heterocycles. The number of carbonyl (C=O) groups excluding carboxylic acids is 2. The van der Waals surface area contributed by atoms with Gasteiger partial charge in [0.1, 0.15) is 0 Å². The van der Waals surface area contributed by atoms with Crippen molar-refractivity contribution in [2.75, 3.05) is 0 Å². The van der Waals surface area contributed by atoms with Crippen molar-refractivity contribution >= 4 is 55.7 Å². The predicted molar refractivity (Wildman–Crippen MR) is 138 cm³/mol. The van der Waals surface area contributed by atoms with Crippen molar-refractivity contribution in [3.8, 4) is 5.69 Å². The van der Waals surface area contributed by atoms with Gasteiger partial charge in [-0.15, -0.1) is 0 Å². The van der Waals surface area contributed by atoms with Crippen LogP contribution < -0.4 is 0 Å². The number of aryl methyl sites for hydroxylation is 1. The minimum Gasteiger partial charge on any atom is -0.317 e. The van der Waals surface area contributed by atoms with Gasteiger partial charge in [-0.25, -0.2) is 0 Å². The van der Waals surface area contributed by atoms with Crippen molar-refractivity contribution in [1.29, 1.82) is 0 Å². The second-order valence-electron chi connectivity index (χ2n) is 8.02. The number of hydrogen-bond donors (Lipinski definition) is 0. The molecular formula is C27H21BrN2O2S. The molecule has 0 atom stereocenters. The highest BCUT2D eigenvalue weighted by atomic mass is 79.9. The monoisotopic (exact) mass is 516 g/mol. The van der Waals surface area contributed by atoms with E-state index in [2.05, 4.69) is 63.8 Å². The lowest BCUT2D eigenvalue weighted by molar-refractivity contribution is -0.123. The Morgan fingerprint density at radius 2 is 1.67 bits per heavy atom. The molecule has 4 nitrogen and oxygen atoms in total. The molecule has 164 valence electrons. The summed E-state index contributed by atoms with van der Waals surface area (Å²) in [4.78, 5) is 27.5. The highest BCUT2D eigenvalue weighted by molar-refractivity contribution is 9.10. The number of halogens is 1. The van der Waals surface area contributed by atoms with Crippen molar-refractivity contribution in [2.24, 2.45) is 0 Å². The maximum absolute atomic E-state index is 13.1. The van der Waals surface area contributed by atoms with Crippen LogP contribution in [0.2, 0.25) is 0 Å². The van der Waals surface area contributed by atoms with E-state index in [0.717, 1.165) is 44.4 Å². The van der Waals surface area contributed by atoms with Crippen LogP contribution in [0.1, 0.15) is 22.5 Å². The summed E-state index contributed by atoms with van der Waals surface area (Å²) in [7, 11) is 0. The van der Waals surface area contributed by atoms with Crippen LogP contribution in [-0.4, -0.2) is 20.6 Å². The number of fused-ring (bicyclic) bond motifs is 1. The summed E-state index contributed by atoms with van der Waals surface area (Å²) in [6.45, 7) is 4.36. The molecule has 0 radical (unpaired) electrons. The molecule has 2 amide bonds. The first-order valence-corrected chi connectivity index (χ1v) is 12.2. The van der Waals surface area contributed by atoms with Crippen LogP contribution in [0.3, 0.4) is 0 Å². The Morgan fingerprint density at radius 3 is 2.48 bits per heavy atom. The molecule has 33 heavy (non-hydrogen) atoms. The predicted octanol–water partition coefficient (Wildman–Crippen LogP) is 7.25. The molecule has 2 heterocycles. The lowest BCUT2D eigenvalue weighted by Gasteiger charge is -2.13. The van der Waals surface area contributed by atoms with Gasteiger partial charge in [-0.2, -0.15) is 0 Å². The lowest BCUT2D eigenvalue weighted by atomic mass is 10.1. The Morgan fingerprint density at radius 1 is 0.939 bits per heavy atom. The van der Waals surface area contributed by atoms with Crippen LogP contribution in [-0.2, 0) is 11.3 Å². The largest absolute Gasteiger partial charge is 0.317 e. The van der Waals surface area contributed by atoms with E-state index in [1.54, 1.807) is 0 Å². The summed E-state index contributed by atoms with van der Waals surface area (Å²) in [6.07, 6.45) is 1.84. The van der Waals surface area contributed by atoms with Gasteiger partial charge >= 0.3 is 0 Å². The van der Waals surface area contributed by atoms with Gasteiger partial charge in [0.2, 0.25) is 0 Å². The Labute approximate surface area is 205 Å². The van der Waals surface area contributed by atoms with E-state index in [0.29, 0.717) is 4.91 Å². The molecule has 0 N–H and O–H groups in total. The van der Waals surface area contributed by atoms with E-state index < -0.39 is 0 Å². The molecule has 1 saturated heterocycles. The highest BCUT2D eigenvalue weighted by Gasteiger charge is 2.35. The normalized spacial score (nSPS) is 15.2. The minimum atomic E-state index is -0.254. The molecule has 5 rings (SSSR count). The quantitative estimate of drug-likeness (QED) is 0.268. The molecule has 1 aliphatic heterocycles. The molecule has 0 saturated carbocycles. The molecule has 1 aliphatic rings. The van der Waals surface area contributed by atoms with Crippen LogP contribution >= 0.6 is 27.7 Å². The molecule has 4 aromatic rings. The van der Waals surface area contributed by atoms with Crippen LogP contribution in [0, 0.1) is 13.8 Å². The van der Waals surface area contributed by atoms with Gasteiger partial charge in [-0.05, 0) is 66.4 Å². The van der Waals surface area contributed by atoms with Crippen molar-refractivity contribution in [1.82, 2.24) is 9.47 Å². The van der Waals surface area contributed by atoms with Gasteiger partial charge in [-0.1, -0.05) is 70.5 Å². The van der Waals surface area contributed by atoms with E-state index >= 15 is 0 Å². The van der Waals surface area contributed by atoms with Gasteiger partial charge in [-0.3, -0.25) is 14.5 Å². The number of imide groups is 1. The number of benzene rings is 3. The Hall–Kier alpha value is -3.09. The molecule has 0 bridgehead atoms. The fourth-order valence-electron chi connectivity index (χ4n) is 4.28. The molecular weight excluding hydrogens is 496 g/mol. The lowest BCUT2D eigenvalue weighted by Crippen LogP contribution is -2.27. The number of amides is 2. The SMILES string of the molecule is Cc1cc(/C=C2\SC(=O)N(Cc3ccccc3Br)C2=O)c(C)n1-c1cccc2ccccc12. The Kier molecular flexibility index (Phi) is 5.72. The van der Waals surface area contributed by atoms with Crippen molar-refractivity contribution in [3.05, 3.63) is 105 Å². The van der Waals surface area contributed by atoms with Gasteiger partial charge in [0.05, 0.1) is 17.1 Å². The number of nitrogens with zero attached hydrogens (tertiary/aromatic N) is 2. The van der Waals surface area contributed by atoms with Gasteiger partial charge < -0.3 is 4.57 Å². The average molecular weight is 517 g/mol. The molecule has 6 heteroatoms. The van der Waals surface area contributed by atoms with Crippen LogP contribution in [0.25, 0.3) is 22.5 Å². The number of carbonyl (C=O) groups is 2. The van der Waals surface area contributed by atoms with Crippen LogP contribution in [0.5, 0.6) is 0 Å². The summed E-state index contributed by atoms with van der Waals surface area (Å²) in [5, 5.41) is 2.10. The topological polar surface area (TPSA) is 42.3 Å². The second kappa shape index (κ2) is 8.69. The van der Waals surface area contributed by atoms with Crippen LogP contribution in [0.4, 0.5) is 4.79 Å². The molecule has 0 unspecified atom stereocenters. The second-order valence-corrected chi connectivity index (χ2v) is 9.87. The smallest absolute Gasteiger partial charge is 0.293 e. The Bertz CT molecular complexity index is 1450. The summed E-state index contributed by atoms with van der Waals surface area (Å²) in [6, 6.07) is 24.3. The zero-order chi connectivity index (χ0) is 23.1. The highest BCUT2D eigenvalue weighted by Crippen LogP contribution is 2.36. The summed E-state index contributed by atoms with van der Waals surface area (Å²) < 4.78 is 3.09. The first-order chi connectivity index (χ1) is 15.9. The fraction of sp³-hybridized carbons (Fsp3) is 0.111. The summed E-state index contributed by atoms with van der Waals surface area (Å²) >= 11 is 4.50. The first kappa shape index (κ1) is 21.7. The Balaban J connectivity index is 1.50. The number of rotatable bonds is 4. The van der Waals surface area contributed by atoms with E-state index in [1.165, 1.54) is 15.7 Å². The fourth-order valence-corrected chi connectivity index (χ4v) is 5.52. The number of thioether (sulfide) groups is 1. The van der Waals surface area contributed by atoms with Crippen molar-refractivity contribution < 1.29 is 9.59 Å². The van der Waals surface area contributed by atoms with Crippen molar-refractivity contribution in [3.63, 3.8) is 0 Å². The van der Waals surface area contributed by atoms with Crippen LogP contribution in [0.15, 0.2) is 82.2 Å². The molecule has 0 spiro atoms. The standard InChI is InChI=1S/C27H21BrN2O2S/c1-17-14-21(18(2)30(17)24-13-7-10-19-8-3-5-11-22(19)24)15-25-26(31)29(27(32)33-25)16-20-9-4-6-12-23(20)28/h3-15H,16H2,1-2H3/b25-15-. The van der Waals surface area contributed by atoms with Crippen molar-refractivity contribution in [2.45, 2.75) is 20.4 Å². The van der Waals surface area contributed by atoms with E-state index in [4.69, 9.17) is 0 Å². The third kappa shape index (κ3) is 3.94. The maximum Gasteiger partial charge on any atom is 0.293 e. The van der Waals surface area contributed by atoms with E-state index in [9.17, 15) is 9.59 Å². The number of hydrogen-bond acceptors (Lipinski definition) is 3. The maximum atomic E-state index is 13.1. The molecule has 1 fully saturated rings. The van der Waals surface area contributed by atoms with Gasteiger partial charge in [0.25, 0.3) is 11.1 Å². The van der Waals surface area contributed by atoms with Gasteiger partial charge in [0.15, 0.2) is 0 Å². The minimum absolute atomic E-state index is 0.245. The molecule has 0 aliphatic carbocycles.